The van der Waals surface area contributed by atoms with E-state index in [1.807, 2.05) is 0 Å². The van der Waals surface area contributed by atoms with Crippen molar-refractivity contribution in [3.63, 3.8) is 0 Å². The lowest BCUT2D eigenvalue weighted by molar-refractivity contribution is -0.140. The standard InChI is InChI=1S/C11H7F4NO2/c1-2-18-10(17)8-6(5-16)3-4-7(12)9(8)11(13,14)15/h3-4H,2H2,1H3. The van der Waals surface area contributed by atoms with Gasteiger partial charge in [-0.15, -0.1) is 0 Å². The summed E-state index contributed by atoms with van der Waals surface area (Å²) >= 11 is 0. The van der Waals surface area contributed by atoms with Gasteiger partial charge in [0.05, 0.1) is 17.7 Å². The number of rotatable bonds is 2. The summed E-state index contributed by atoms with van der Waals surface area (Å²) in [4.78, 5) is 11.4. The molecule has 0 bridgehead atoms. The number of hydrogen-bond acceptors (Lipinski definition) is 3. The third-order valence-corrected chi connectivity index (χ3v) is 2.04. The quantitative estimate of drug-likeness (QED) is 0.607. The first kappa shape index (κ1) is 14.0. The van der Waals surface area contributed by atoms with E-state index in [2.05, 4.69) is 4.74 Å². The Morgan fingerprint density at radius 2 is 2.06 bits per heavy atom. The number of nitrogens with zero attached hydrogens (tertiary/aromatic N) is 1. The van der Waals surface area contributed by atoms with Crippen LogP contribution in [0.4, 0.5) is 17.6 Å². The lowest BCUT2D eigenvalue weighted by atomic mass is 10.0. The van der Waals surface area contributed by atoms with Gasteiger partial charge in [-0.2, -0.15) is 18.4 Å². The van der Waals surface area contributed by atoms with E-state index in [1.54, 1.807) is 0 Å². The number of benzene rings is 1. The van der Waals surface area contributed by atoms with Crippen LogP contribution >= 0.6 is 0 Å². The molecule has 18 heavy (non-hydrogen) atoms. The summed E-state index contributed by atoms with van der Waals surface area (Å²) in [7, 11) is 0. The number of nitriles is 1. The molecule has 0 saturated heterocycles. The zero-order valence-corrected chi connectivity index (χ0v) is 9.14. The molecule has 0 heterocycles. The van der Waals surface area contributed by atoms with Crippen molar-refractivity contribution in [1.29, 1.82) is 5.26 Å². The van der Waals surface area contributed by atoms with Crippen LogP contribution in [0.5, 0.6) is 0 Å². The number of esters is 1. The molecule has 0 radical (unpaired) electrons. The Bertz CT molecular complexity index is 517. The third-order valence-electron chi connectivity index (χ3n) is 2.04. The van der Waals surface area contributed by atoms with Crippen LogP contribution in [-0.2, 0) is 10.9 Å². The molecule has 0 aliphatic rings. The fraction of sp³-hybridized carbons (Fsp3) is 0.273. The van der Waals surface area contributed by atoms with Gasteiger partial charge in [-0.05, 0) is 19.1 Å². The zero-order chi connectivity index (χ0) is 13.9. The lowest BCUT2D eigenvalue weighted by Crippen LogP contribution is -2.19. The summed E-state index contributed by atoms with van der Waals surface area (Å²) in [5, 5.41) is 8.67. The Morgan fingerprint density at radius 1 is 1.44 bits per heavy atom. The van der Waals surface area contributed by atoms with E-state index in [1.165, 1.54) is 13.0 Å². The Morgan fingerprint density at radius 3 is 2.50 bits per heavy atom. The third kappa shape index (κ3) is 2.59. The Hall–Kier alpha value is -2.10. The molecule has 1 aromatic carbocycles. The van der Waals surface area contributed by atoms with Crippen LogP contribution in [0.15, 0.2) is 12.1 Å². The van der Waals surface area contributed by atoms with Crippen LogP contribution in [0.3, 0.4) is 0 Å². The maximum absolute atomic E-state index is 13.2. The van der Waals surface area contributed by atoms with Gasteiger partial charge in [0.2, 0.25) is 0 Å². The monoisotopic (exact) mass is 261 g/mol. The van der Waals surface area contributed by atoms with Crippen molar-refractivity contribution in [3.05, 3.63) is 34.6 Å². The van der Waals surface area contributed by atoms with Crippen molar-refractivity contribution in [2.75, 3.05) is 6.61 Å². The molecule has 1 rings (SSSR count). The molecule has 0 spiro atoms. The lowest BCUT2D eigenvalue weighted by Gasteiger charge is -2.13. The molecule has 0 N–H and O–H groups in total. The molecule has 0 fully saturated rings. The minimum absolute atomic E-state index is 0.183. The second-order valence-electron chi connectivity index (χ2n) is 3.17. The zero-order valence-electron chi connectivity index (χ0n) is 9.14. The van der Waals surface area contributed by atoms with E-state index >= 15 is 0 Å². The number of alkyl halides is 3. The van der Waals surface area contributed by atoms with Gasteiger partial charge in [-0.3, -0.25) is 0 Å². The average molecular weight is 261 g/mol. The van der Waals surface area contributed by atoms with Crippen LogP contribution in [0, 0.1) is 17.1 Å². The van der Waals surface area contributed by atoms with E-state index in [-0.39, 0.29) is 6.61 Å². The molecule has 3 nitrogen and oxygen atoms in total. The second-order valence-corrected chi connectivity index (χ2v) is 3.17. The first-order chi connectivity index (χ1) is 8.32. The molecule has 0 saturated carbocycles. The minimum atomic E-state index is -5.08. The molecule has 0 atom stereocenters. The van der Waals surface area contributed by atoms with Crippen LogP contribution in [0.1, 0.15) is 28.4 Å². The summed E-state index contributed by atoms with van der Waals surface area (Å²) in [6, 6.07) is 2.70. The van der Waals surface area contributed by atoms with E-state index in [0.29, 0.717) is 6.07 Å². The fourth-order valence-electron chi connectivity index (χ4n) is 1.36. The van der Waals surface area contributed by atoms with Gasteiger partial charge in [0.15, 0.2) is 0 Å². The van der Waals surface area contributed by atoms with Crippen molar-refractivity contribution < 1.29 is 27.1 Å². The Kier molecular flexibility index (Phi) is 3.91. The van der Waals surface area contributed by atoms with Crippen molar-refractivity contribution in [2.45, 2.75) is 13.1 Å². The number of hydrogen-bond donors (Lipinski definition) is 0. The molecule has 96 valence electrons. The predicted molar refractivity (Wildman–Crippen MR) is 52.1 cm³/mol. The molecule has 0 aromatic heterocycles. The normalized spacial score (nSPS) is 10.9. The number of halogens is 4. The summed E-state index contributed by atoms with van der Waals surface area (Å²) in [5.74, 6) is -2.99. The maximum Gasteiger partial charge on any atom is 0.420 e. The van der Waals surface area contributed by atoms with Gasteiger partial charge in [-0.25, -0.2) is 9.18 Å². The molecule has 7 heteroatoms. The van der Waals surface area contributed by atoms with Crippen molar-refractivity contribution >= 4 is 5.97 Å². The summed E-state index contributed by atoms with van der Waals surface area (Å²) in [5.41, 5.74) is -3.45. The Balaban J connectivity index is 3.58. The topological polar surface area (TPSA) is 50.1 Å². The van der Waals surface area contributed by atoms with Crippen LogP contribution in [0.25, 0.3) is 0 Å². The number of carbonyl (C=O) groups excluding carboxylic acids is 1. The molecule has 0 amide bonds. The molecule has 0 aliphatic heterocycles. The highest BCUT2D eigenvalue weighted by molar-refractivity contribution is 5.94. The predicted octanol–water partition coefficient (Wildman–Crippen LogP) is 2.89. The van der Waals surface area contributed by atoms with Gasteiger partial charge < -0.3 is 4.74 Å². The van der Waals surface area contributed by atoms with E-state index in [9.17, 15) is 22.4 Å². The fourth-order valence-corrected chi connectivity index (χ4v) is 1.36. The highest BCUT2D eigenvalue weighted by atomic mass is 19.4. The van der Waals surface area contributed by atoms with Gasteiger partial charge in [0.1, 0.15) is 17.4 Å². The highest BCUT2D eigenvalue weighted by Crippen LogP contribution is 2.35. The molecule has 1 aromatic rings. The largest absolute Gasteiger partial charge is 0.462 e. The highest BCUT2D eigenvalue weighted by Gasteiger charge is 2.40. The van der Waals surface area contributed by atoms with E-state index in [0.717, 1.165) is 6.07 Å². The van der Waals surface area contributed by atoms with Gasteiger partial charge in [-0.1, -0.05) is 0 Å². The van der Waals surface area contributed by atoms with Gasteiger partial charge in [0.25, 0.3) is 0 Å². The minimum Gasteiger partial charge on any atom is -0.462 e. The van der Waals surface area contributed by atoms with Crippen LogP contribution in [-0.4, -0.2) is 12.6 Å². The molecular weight excluding hydrogens is 254 g/mol. The van der Waals surface area contributed by atoms with Crippen molar-refractivity contribution in [3.8, 4) is 6.07 Å². The van der Waals surface area contributed by atoms with E-state index < -0.39 is 34.7 Å². The second kappa shape index (κ2) is 5.04. The average Bonchev–Trinajstić information content (AvgIpc) is 2.27. The molecule has 0 unspecified atom stereocenters. The van der Waals surface area contributed by atoms with Gasteiger partial charge >= 0.3 is 12.1 Å². The maximum atomic E-state index is 13.2. The number of ether oxygens (including phenoxy) is 1. The summed E-state index contributed by atoms with van der Waals surface area (Å²) in [6.07, 6.45) is -5.08. The first-order valence-corrected chi connectivity index (χ1v) is 4.79. The van der Waals surface area contributed by atoms with Crippen molar-refractivity contribution in [2.24, 2.45) is 0 Å². The number of carbonyl (C=O) groups is 1. The SMILES string of the molecule is CCOC(=O)c1c(C#N)ccc(F)c1C(F)(F)F. The first-order valence-electron chi connectivity index (χ1n) is 4.79. The van der Waals surface area contributed by atoms with E-state index in [4.69, 9.17) is 5.26 Å². The van der Waals surface area contributed by atoms with Crippen LogP contribution < -0.4 is 0 Å². The molecule has 0 aliphatic carbocycles. The van der Waals surface area contributed by atoms with Crippen molar-refractivity contribution in [1.82, 2.24) is 0 Å². The summed E-state index contributed by atoms with van der Waals surface area (Å²) < 4.78 is 55.6. The Labute approximate surface area is 99.6 Å². The van der Waals surface area contributed by atoms with Crippen LogP contribution in [0.2, 0.25) is 0 Å². The smallest absolute Gasteiger partial charge is 0.420 e. The summed E-state index contributed by atoms with van der Waals surface area (Å²) in [6.45, 7) is 1.20. The molecular formula is C11H7F4NO2. The van der Waals surface area contributed by atoms with Gasteiger partial charge in [0, 0.05) is 0 Å².